The summed E-state index contributed by atoms with van der Waals surface area (Å²) in [5.41, 5.74) is 7.20. The number of anilines is 1. The molecule has 1 aromatic carbocycles. The van der Waals surface area contributed by atoms with Crippen LogP contribution < -0.4 is 22.9 Å². The van der Waals surface area contributed by atoms with Crippen LogP contribution in [0.1, 0.15) is 0 Å². The largest absolute Gasteiger partial charge is 1.00 e. The van der Waals surface area contributed by atoms with Gasteiger partial charge in [0.2, 0.25) is 0 Å². The van der Waals surface area contributed by atoms with Gasteiger partial charge in [-0.25, -0.2) is 4.98 Å². The second-order valence-corrected chi connectivity index (χ2v) is 3.85. The quantitative estimate of drug-likeness (QED) is 0.733. The van der Waals surface area contributed by atoms with Crippen LogP contribution in [0.15, 0.2) is 23.6 Å². The molecule has 0 amide bonds. The van der Waals surface area contributed by atoms with Crippen molar-refractivity contribution in [3.63, 3.8) is 0 Å². The fourth-order valence-corrected chi connectivity index (χ4v) is 1.83. The van der Waals surface area contributed by atoms with Crippen molar-refractivity contribution in [1.29, 1.82) is 0 Å². The number of nitrogens with two attached hydrogens (primary N) is 1. The van der Waals surface area contributed by atoms with E-state index >= 15 is 0 Å². The lowest BCUT2D eigenvalue weighted by Gasteiger charge is -2.04. The zero-order valence-electron chi connectivity index (χ0n) is 8.48. The zero-order valence-corrected chi connectivity index (χ0v) is 10.0. The lowest BCUT2D eigenvalue weighted by Crippen LogP contribution is -3.00. The van der Waals surface area contributed by atoms with Crippen LogP contribution in [0.25, 0.3) is 11.3 Å². The highest BCUT2D eigenvalue weighted by Crippen LogP contribution is 2.32. The van der Waals surface area contributed by atoms with Crippen LogP contribution in [0.5, 0.6) is 11.5 Å². The third-order valence-corrected chi connectivity index (χ3v) is 2.67. The number of phenolic OH excluding ortho intramolecular Hbond substituents is 1. The number of aromatic nitrogens is 1. The Balaban J connectivity index is 0.00000128. The van der Waals surface area contributed by atoms with E-state index in [1.54, 1.807) is 18.2 Å². The highest BCUT2D eigenvalue weighted by molar-refractivity contribution is 7.13. The molecule has 0 atom stereocenters. The molecule has 3 N–H and O–H groups in total. The predicted octanol–water partition coefficient (Wildman–Crippen LogP) is -0.890. The van der Waals surface area contributed by atoms with E-state index in [-0.39, 0.29) is 18.2 Å². The van der Waals surface area contributed by atoms with Gasteiger partial charge in [-0.2, -0.15) is 0 Å². The lowest BCUT2D eigenvalue weighted by atomic mass is 10.1. The number of halogens is 1. The van der Waals surface area contributed by atoms with Gasteiger partial charge in [-0.3, -0.25) is 0 Å². The number of phenols is 1. The molecule has 0 aliphatic heterocycles. The number of nitrogens with zero attached hydrogens (tertiary/aromatic N) is 1. The second-order valence-electron chi connectivity index (χ2n) is 2.96. The fourth-order valence-electron chi connectivity index (χ4n) is 1.26. The number of hydrogen-bond donors (Lipinski definition) is 2. The summed E-state index contributed by atoms with van der Waals surface area (Å²) in [5.74, 6) is 0.545. The SMILES string of the molecule is COc1cc(-c2csc(N)n2)ccc1O.[Cl-]. The molecule has 0 saturated carbocycles. The van der Waals surface area contributed by atoms with Crippen molar-refractivity contribution in [2.24, 2.45) is 0 Å². The van der Waals surface area contributed by atoms with E-state index in [1.165, 1.54) is 18.4 Å². The van der Waals surface area contributed by atoms with Crippen molar-refractivity contribution < 1.29 is 22.3 Å². The Morgan fingerprint density at radius 1 is 1.44 bits per heavy atom. The lowest BCUT2D eigenvalue weighted by molar-refractivity contribution is -0.00000423. The fraction of sp³-hybridized carbons (Fsp3) is 0.100. The maximum Gasteiger partial charge on any atom is 0.180 e. The van der Waals surface area contributed by atoms with Crippen LogP contribution in [0.4, 0.5) is 5.13 Å². The van der Waals surface area contributed by atoms with Crippen LogP contribution >= 0.6 is 11.3 Å². The van der Waals surface area contributed by atoms with Crippen molar-refractivity contribution in [3.8, 4) is 22.8 Å². The van der Waals surface area contributed by atoms with Gasteiger partial charge in [0.1, 0.15) is 0 Å². The molecule has 0 saturated heterocycles. The van der Waals surface area contributed by atoms with Crippen LogP contribution in [-0.2, 0) is 0 Å². The molecule has 0 aliphatic carbocycles. The molecular weight excluding hydrogens is 248 g/mol. The van der Waals surface area contributed by atoms with Crippen LogP contribution in [0.3, 0.4) is 0 Å². The number of thiazole rings is 1. The first-order valence-corrected chi connectivity index (χ1v) is 5.17. The van der Waals surface area contributed by atoms with Gasteiger partial charge in [0.15, 0.2) is 16.6 Å². The number of rotatable bonds is 2. The number of hydrogen-bond acceptors (Lipinski definition) is 5. The van der Waals surface area contributed by atoms with Gasteiger partial charge in [0.05, 0.1) is 12.8 Å². The third-order valence-electron chi connectivity index (χ3n) is 2.00. The van der Waals surface area contributed by atoms with Gasteiger partial charge in [0, 0.05) is 10.9 Å². The van der Waals surface area contributed by atoms with Crippen LogP contribution in [0.2, 0.25) is 0 Å². The van der Waals surface area contributed by atoms with Crippen molar-refractivity contribution in [2.75, 3.05) is 12.8 Å². The Kier molecular flexibility index (Phi) is 3.98. The van der Waals surface area contributed by atoms with Crippen LogP contribution in [-0.4, -0.2) is 17.2 Å². The zero-order chi connectivity index (χ0) is 10.8. The van der Waals surface area contributed by atoms with Crippen molar-refractivity contribution in [2.45, 2.75) is 0 Å². The van der Waals surface area contributed by atoms with E-state index in [2.05, 4.69) is 4.98 Å². The molecular formula is C10H10ClN2O2S-. The molecule has 0 aliphatic rings. The third kappa shape index (κ3) is 2.37. The first kappa shape index (κ1) is 12.6. The van der Waals surface area contributed by atoms with Crippen molar-refractivity contribution in [1.82, 2.24) is 4.98 Å². The van der Waals surface area contributed by atoms with Crippen molar-refractivity contribution >= 4 is 16.5 Å². The molecule has 1 aromatic heterocycles. The summed E-state index contributed by atoms with van der Waals surface area (Å²) in [4.78, 5) is 4.15. The molecule has 0 spiro atoms. The number of aromatic hydroxyl groups is 1. The Bertz CT molecular complexity index is 487. The maximum atomic E-state index is 9.42. The molecule has 2 rings (SSSR count). The minimum Gasteiger partial charge on any atom is -1.00 e. The van der Waals surface area contributed by atoms with Gasteiger partial charge in [-0.05, 0) is 18.2 Å². The Hall–Kier alpha value is -1.46. The van der Waals surface area contributed by atoms with E-state index in [0.29, 0.717) is 10.9 Å². The summed E-state index contributed by atoms with van der Waals surface area (Å²) in [6.45, 7) is 0. The molecule has 0 unspecified atom stereocenters. The first-order valence-electron chi connectivity index (χ1n) is 4.29. The van der Waals surface area contributed by atoms with E-state index < -0.39 is 0 Å². The van der Waals surface area contributed by atoms with Gasteiger partial charge in [-0.15, -0.1) is 11.3 Å². The maximum absolute atomic E-state index is 9.42. The molecule has 1 heterocycles. The monoisotopic (exact) mass is 257 g/mol. The van der Waals surface area contributed by atoms with Crippen molar-refractivity contribution in [3.05, 3.63) is 23.6 Å². The molecule has 6 heteroatoms. The highest BCUT2D eigenvalue weighted by atomic mass is 35.5. The molecule has 0 fully saturated rings. The highest BCUT2D eigenvalue weighted by Gasteiger charge is 2.06. The minimum absolute atomic E-state index is 0. The molecule has 86 valence electrons. The smallest absolute Gasteiger partial charge is 0.180 e. The first-order chi connectivity index (χ1) is 7.20. The number of benzene rings is 1. The van der Waals surface area contributed by atoms with E-state index in [1.807, 2.05) is 5.38 Å². The van der Waals surface area contributed by atoms with Gasteiger partial charge < -0.3 is 28.0 Å². The number of nitrogen functional groups attached to an aromatic ring is 1. The normalized spacial score (nSPS) is 9.56. The molecule has 0 radical (unpaired) electrons. The predicted molar refractivity (Wildman–Crippen MR) is 60.2 cm³/mol. The molecule has 4 nitrogen and oxygen atoms in total. The summed E-state index contributed by atoms with van der Waals surface area (Å²) in [6.07, 6.45) is 0. The number of ether oxygens (including phenoxy) is 1. The van der Waals surface area contributed by atoms with E-state index in [4.69, 9.17) is 10.5 Å². The molecule has 16 heavy (non-hydrogen) atoms. The number of methoxy groups -OCH3 is 1. The summed E-state index contributed by atoms with van der Waals surface area (Å²) in [5, 5.41) is 11.8. The standard InChI is InChI=1S/C10H10N2O2S.ClH/c1-14-9-4-6(2-3-8(9)13)7-5-15-10(11)12-7;/h2-5,13H,1H3,(H2,11,12);1H/p-1. The average molecular weight is 258 g/mol. The van der Waals surface area contributed by atoms with Crippen LogP contribution in [0, 0.1) is 0 Å². The Morgan fingerprint density at radius 3 is 2.75 bits per heavy atom. The van der Waals surface area contributed by atoms with Gasteiger partial charge in [0.25, 0.3) is 0 Å². The summed E-state index contributed by atoms with van der Waals surface area (Å²) >= 11 is 1.38. The molecule has 2 aromatic rings. The Morgan fingerprint density at radius 2 is 2.19 bits per heavy atom. The topological polar surface area (TPSA) is 68.4 Å². The minimum atomic E-state index is 0. The summed E-state index contributed by atoms with van der Waals surface area (Å²) < 4.78 is 5.01. The summed E-state index contributed by atoms with van der Waals surface area (Å²) in [7, 11) is 1.51. The Labute approximate surface area is 103 Å². The van der Waals surface area contributed by atoms with Gasteiger partial charge in [-0.1, -0.05) is 0 Å². The van der Waals surface area contributed by atoms with E-state index in [0.717, 1.165) is 11.3 Å². The second kappa shape index (κ2) is 5.05. The van der Waals surface area contributed by atoms with E-state index in [9.17, 15) is 5.11 Å². The molecule has 0 bridgehead atoms. The summed E-state index contributed by atoms with van der Waals surface area (Å²) in [6, 6.07) is 5.07. The van der Waals surface area contributed by atoms with Gasteiger partial charge >= 0.3 is 0 Å². The average Bonchev–Trinajstić information content (AvgIpc) is 2.66.